The van der Waals surface area contributed by atoms with Crippen molar-refractivity contribution < 1.29 is 0 Å². The van der Waals surface area contributed by atoms with Crippen LogP contribution in [0.1, 0.15) is 56.1 Å². The molecule has 0 spiro atoms. The number of alkyl halides is 1. The molecule has 1 saturated carbocycles. The maximum absolute atomic E-state index is 6.66. The molecule has 1 atom stereocenters. The number of hydrogen-bond donors (Lipinski definition) is 0. The summed E-state index contributed by atoms with van der Waals surface area (Å²) in [7, 11) is 0. The molecule has 1 aliphatic carbocycles. The minimum Gasteiger partial charge on any atom is -0.122 e. The van der Waals surface area contributed by atoms with Crippen LogP contribution in [0.3, 0.4) is 0 Å². The lowest BCUT2D eigenvalue weighted by Gasteiger charge is -2.24. The highest BCUT2D eigenvalue weighted by atomic mass is 35.5. The Hall–Kier alpha value is -0.490. The third-order valence-corrected chi connectivity index (χ3v) is 4.72. The zero-order valence-electron chi connectivity index (χ0n) is 11.5. The standard InChI is InChI=1S/C17H25Cl/c1-14-9-11-15(12-10-14)13-17(18)16-7-5-3-2-4-6-8-16/h9-12,16-17H,2-8,13H2,1H3. The summed E-state index contributed by atoms with van der Waals surface area (Å²) < 4.78 is 0. The Balaban J connectivity index is 1.89. The predicted molar refractivity (Wildman–Crippen MR) is 80.3 cm³/mol. The molecule has 0 aliphatic heterocycles. The Morgan fingerprint density at radius 3 is 2.17 bits per heavy atom. The highest BCUT2D eigenvalue weighted by Gasteiger charge is 2.20. The van der Waals surface area contributed by atoms with Gasteiger partial charge in [-0.05, 0) is 37.7 Å². The monoisotopic (exact) mass is 264 g/mol. The number of benzene rings is 1. The van der Waals surface area contributed by atoms with Crippen molar-refractivity contribution in [2.45, 2.75) is 63.7 Å². The molecule has 1 fully saturated rings. The summed E-state index contributed by atoms with van der Waals surface area (Å²) >= 11 is 6.66. The fraction of sp³-hybridized carbons (Fsp3) is 0.647. The van der Waals surface area contributed by atoms with Crippen LogP contribution in [-0.2, 0) is 6.42 Å². The number of rotatable bonds is 3. The average molecular weight is 265 g/mol. The molecule has 1 heteroatoms. The molecule has 0 heterocycles. The van der Waals surface area contributed by atoms with E-state index in [9.17, 15) is 0 Å². The van der Waals surface area contributed by atoms with E-state index in [1.165, 1.54) is 56.1 Å². The first-order valence-electron chi connectivity index (χ1n) is 7.45. The molecule has 0 amide bonds. The van der Waals surface area contributed by atoms with Gasteiger partial charge in [-0.3, -0.25) is 0 Å². The first kappa shape index (κ1) is 13.9. The molecule has 18 heavy (non-hydrogen) atoms. The average Bonchev–Trinajstić information content (AvgIpc) is 2.31. The molecule has 0 saturated heterocycles. The Labute approximate surface area is 117 Å². The van der Waals surface area contributed by atoms with Crippen LogP contribution in [0.4, 0.5) is 0 Å². The van der Waals surface area contributed by atoms with Gasteiger partial charge in [0.2, 0.25) is 0 Å². The van der Waals surface area contributed by atoms with Crippen LogP contribution < -0.4 is 0 Å². The Bertz CT molecular complexity index is 333. The lowest BCUT2D eigenvalue weighted by molar-refractivity contribution is 0.364. The van der Waals surface area contributed by atoms with Crippen LogP contribution in [0.5, 0.6) is 0 Å². The van der Waals surface area contributed by atoms with Gasteiger partial charge in [-0.25, -0.2) is 0 Å². The van der Waals surface area contributed by atoms with Crippen molar-refractivity contribution in [3.63, 3.8) is 0 Å². The second-order valence-electron chi connectivity index (χ2n) is 5.81. The summed E-state index contributed by atoms with van der Waals surface area (Å²) in [5, 5.41) is 0.325. The lowest BCUT2D eigenvalue weighted by atomic mass is 9.86. The van der Waals surface area contributed by atoms with Crippen molar-refractivity contribution >= 4 is 11.6 Å². The Morgan fingerprint density at radius 1 is 1.00 bits per heavy atom. The van der Waals surface area contributed by atoms with Crippen LogP contribution in [-0.4, -0.2) is 5.38 Å². The van der Waals surface area contributed by atoms with Gasteiger partial charge in [0.15, 0.2) is 0 Å². The van der Waals surface area contributed by atoms with E-state index >= 15 is 0 Å². The van der Waals surface area contributed by atoms with Crippen LogP contribution in [0.15, 0.2) is 24.3 Å². The van der Waals surface area contributed by atoms with Gasteiger partial charge in [0, 0.05) is 5.38 Å². The van der Waals surface area contributed by atoms with Crippen molar-refractivity contribution in [1.29, 1.82) is 0 Å². The van der Waals surface area contributed by atoms with Crippen LogP contribution in [0.2, 0.25) is 0 Å². The molecular formula is C17H25Cl. The summed E-state index contributed by atoms with van der Waals surface area (Å²) in [4.78, 5) is 0. The molecule has 1 aromatic carbocycles. The quantitative estimate of drug-likeness (QED) is 0.632. The molecule has 2 rings (SSSR count). The van der Waals surface area contributed by atoms with Gasteiger partial charge < -0.3 is 0 Å². The van der Waals surface area contributed by atoms with Crippen molar-refractivity contribution in [3.8, 4) is 0 Å². The maximum Gasteiger partial charge on any atom is 0.0404 e. The third kappa shape index (κ3) is 4.31. The molecule has 0 radical (unpaired) electrons. The highest BCUT2D eigenvalue weighted by molar-refractivity contribution is 6.20. The van der Waals surface area contributed by atoms with Gasteiger partial charge in [-0.1, -0.05) is 61.9 Å². The van der Waals surface area contributed by atoms with E-state index < -0.39 is 0 Å². The molecular weight excluding hydrogens is 240 g/mol. The summed E-state index contributed by atoms with van der Waals surface area (Å²) in [5.41, 5.74) is 2.72. The van der Waals surface area contributed by atoms with E-state index in [2.05, 4.69) is 31.2 Å². The summed E-state index contributed by atoms with van der Waals surface area (Å²) in [6, 6.07) is 8.84. The van der Waals surface area contributed by atoms with Crippen molar-refractivity contribution in [2.75, 3.05) is 0 Å². The van der Waals surface area contributed by atoms with Crippen molar-refractivity contribution in [1.82, 2.24) is 0 Å². The zero-order chi connectivity index (χ0) is 12.8. The largest absolute Gasteiger partial charge is 0.122 e. The molecule has 0 aromatic heterocycles. The van der Waals surface area contributed by atoms with Gasteiger partial charge in [-0.15, -0.1) is 11.6 Å². The maximum atomic E-state index is 6.66. The van der Waals surface area contributed by atoms with E-state index in [4.69, 9.17) is 11.6 Å². The first-order chi connectivity index (χ1) is 8.75. The van der Waals surface area contributed by atoms with Gasteiger partial charge in [0.05, 0.1) is 0 Å². The zero-order valence-corrected chi connectivity index (χ0v) is 12.3. The summed E-state index contributed by atoms with van der Waals surface area (Å²) in [6.07, 6.45) is 10.7. The van der Waals surface area contributed by atoms with E-state index in [1.54, 1.807) is 0 Å². The van der Waals surface area contributed by atoms with Crippen LogP contribution >= 0.6 is 11.6 Å². The summed E-state index contributed by atoms with van der Waals surface area (Å²) in [6.45, 7) is 2.14. The minimum absolute atomic E-state index is 0.325. The molecule has 0 N–H and O–H groups in total. The van der Waals surface area contributed by atoms with Crippen LogP contribution in [0.25, 0.3) is 0 Å². The lowest BCUT2D eigenvalue weighted by Crippen LogP contribution is -2.18. The molecule has 1 aliphatic rings. The summed E-state index contributed by atoms with van der Waals surface area (Å²) in [5.74, 6) is 0.730. The van der Waals surface area contributed by atoms with E-state index in [0.29, 0.717) is 5.38 Å². The fourth-order valence-corrected chi connectivity index (χ4v) is 3.40. The van der Waals surface area contributed by atoms with Gasteiger partial charge in [0.25, 0.3) is 0 Å². The Morgan fingerprint density at radius 2 is 1.56 bits per heavy atom. The normalized spacial score (nSPS) is 20.1. The SMILES string of the molecule is Cc1ccc(CC(Cl)C2CCCCCCC2)cc1. The number of aryl methyl sites for hydroxylation is 1. The molecule has 1 aromatic rings. The fourth-order valence-electron chi connectivity index (χ4n) is 2.97. The molecule has 0 nitrogen and oxygen atoms in total. The van der Waals surface area contributed by atoms with Crippen molar-refractivity contribution in [3.05, 3.63) is 35.4 Å². The highest BCUT2D eigenvalue weighted by Crippen LogP contribution is 2.29. The second kappa shape index (κ2) is 7.19. The van der Waals surface area contributed by atoms with Gasteiger partial charge in [0.1, 0.15) is 0 Å². The molecule has 100 valence electrons. The topological polar surface area (TPSA) is 0 Å². The molecule has 1 unspecified atom stereocenters. The van der Waals surface area contributed by atoms with E-state index in [-0.39, 0.29) is 0 Å². The molecule has 0 bridgehead atoms. The first-order valence-corrected chi connectivity index (χ1v) is 7.89. The van der Waals surface area contributed by atoms with Crippen molar-refractivity contribution in [2.24, 2.45) is 5.92 Å². The van der Waals surface area contributed by atoms with E-state index in [1.807, 2.05) is 0 Å². The van der Waals surface area contributed by atoms with Gasteiger partial charge >= 0.3 is 0 Å². The smallest absolute Gasteiger partial charge is 0.0404 e. The number of halogens is 1. The Kier molecular flexibility index (Phi) is 5.56. The number of hydrogen-bond acceptors (Lipinski definition) is 0. The van der Waals surface area contributed by atoms with Gasteiger partial charge in [-0.2, -0.15) is 0 Å². The van der Waals surface area contributed by atoms with E-state index in [0.717, 1.165) is 12.3 Å². The predicted octanol–water partition coefficient (Wildman–Crippen LogP) is 5.51. The second-order valence-corrected chi connectivity index (χ2v) is 6.37. The minimum atomic E-state index is 0.325. The van der Waals surface area contributed by atoms with Crippen LogP contribution in [0, 0.1) is 12.8 Å². The third-order valence-electron chi connectivity index (χ3n) is 4.21.